The van der Waals surface area contributed by atoms with E-state index >= 15 is 0 Å². The number of halogens is 2. The number of hydrogen-bond donors (Lipinski definition) is 1. The number of benzene rings is 2. The monoisotopic (exact) mass is 397 g/mol. The Hall–Kier alpha value is -2.03. The van der Waals surface area contributed by atoms with E-state index in [1.165, 1.54) is 12.1 Å². The van der Waals surface area contributed by atoms with E-state index in [1.807, 2.05) is 0 Å². The van der Waals surface area contributed by atoms with Gasteiger partial charge in [0.05, 0.1) is 4.90 Å². The van der Waals surface area contributed by atoms with Crippen LogP contribution in [0.5, 0.6) is 0 Å². The number of hydrogen-bond acceptors (Lipinski definition) is 5. The van der Waals surface area contributed by atoms with Gasteiger partial charge < -0.3 is 0 Å². The van der Waals surface area contributed by atoms with Crippen LogP contribution < -0.4 is 4.72 Å². The molecule has 2 aromatic carbocycles. The van der Waals surface area contributed by atoms with E-state index in [4.69, 9.17) is 11.6 Å². The standard InChI is InChI=1S/C16H13ClFN3O2S2/c1-9-8-11(6-7-13(9)18)15-19-16(24-20-15)21-25(22,23)14-5-3-4-12(17)10(14)2/h3-8H,1-2H3,(H,19,20,21). The molecule has 5 nitrogen and oxygen atoms in total. The number of sulfonamides is 1. The Balaban J connectivity index is 1.90. The lowest BCUT2D eigenvalue weighted by Gasteiger charge is -2.08. The molecule has 1 N–H and O–H groups in total. The minimum absolute atomic E-state index is 0.0781. The first kappa shape index (κ1) is 17.8. The Morgan fingerprint density at radius 1 is 1.20 bits per heavy atom. The van der Waals surface area contributed by atoms with Gasteiger partial charge in [0.2, 0.25) is 5.13 Å². The topological polar surface area (TPSA) is 72.0 Å². The van der Waals surface area contributed by atoms with Crippen molar-refractivity contribution in [3.63, 3.8) is 0 Å². The van der Waals surface area contributed by atoms with Crippen molar-refractivity contribution in [1.82, 2.24) is 9.36 Å². The second-order valence-corrected chi connectivity index (χ2v) is 8.17. The molecule has 1 aromatic heterocycles. The Morgan fingerprint density at radius 2 is 1.96 bits per heavy atom. The lowest BCUT2D eigenvalue weighted by atomic mass is 10.1. The van der Waals surface area contributed by atoms with Crippen LogP contribution >= 0.6 is 23.1 Å². The Labute approximate surface area is 153 Å². The predicted octanol–water partition coefficient (Wildman–Crippen LogP) is 4.42. The number of aryl methyl sites for hydroxylation is 1. The molecule has 1 heterocycles. The van der Waals surface area contributed by atoms with Crippen molar-refractivity contribution in [3.8, 4) is 11.4 Å². The molecule has 0 saturated carbocycles. The average Bonchev–Trinajstić information content (AvgIpc) is 3.00. The fraction of sp³-hybridized carbons (Fsp3) is 0.125. The summed E-state index contributed by atoms with van der Waals surface area (Å²) >= 11 is 6.89. The molecule has 0 aliphatic heterocycles. The highest BCUT2D eigenvalue weighted by Gasteiger charge is 2.20. The quantitative estimate of drug-likeness (QED) is 0.707. The molecule has 9 heteroatoms. The van der Waals surface area contributed by atoms with Gasteiger partial charge in [0.25, 0.3) is 10.0 Å². The number of anilines is 1. The van der Waals surface area contributed by atoms with E-state index in [1.54, 1.807) is 38.1 Å². The fourth-order valence-corrected chi connectivity index (χ4v) is 4.53. The molecule has 0 amide bonds. The summed E-state index contributed by atoms with van der Waals surface area (Å²) in [6, 6.07) is 9.13. The largest absolute Gasteiger partial charge is 0.264 e. The van der Waals surface area contributed by atoms with Crippen LogP contribution in [-0.2, 0) is 10.0 Å². The first-order chi connectivity index (χ1) is 11.8. The van der Waals surface area contributed by atoms with Crippen LogP contribution in [0.3, 0.4) is 0 Å². The van der Waals surface area contributed by atoms with E-state index < -0.39 is 10.0 Å². The molecule has 0 aliphatic rings. The van der Waals surface area contributed by atoms with E-state index in [2.05, 4.69) is 14.1 Å². The van der Waals surface area contributed by atoms with Crippen LogP contribution in [0.4, 0.5) is 9.52 Å². The van der Waals surface area contributed by atoms with Gasteiger partial charge in [0.15, 0.2) is 5.82 Å². The summed E-state index contributed by atoms with van der Waals surface area (Å²) in [5, 5.41) is 0.485. The molecule has 0 radical (unpaired) electrons. The number of nitrogens with zero attached hydrogens (tertiary/aromatic N) is 2. The van der Waals surface area contributed by atoms with E-state index in [9.17, 15) is 12.8 Å². The van der Waals surface area contributed by atoms with E-state index in [0.29, 0.717) is 27.5 Å². The SMILES string of the molecule is Cc1cc(-c2nsc(NS(=O)(=O)c3cccc(Cl)c3C)n2)ccc1F. The molecule has 3 aromatic rings. The van der Waals surface area contributed by atoms with Crippen LogP contribution in [0.1, 0.15) is 11.1 Å². The van der Waals surface area contributed by atoms with Gasteiger partial charge in [-0.15, -0.1) is 0 Å². The van der Waals surface area contributed by atoms with E-state index in [-0.39, 0.29) is 15.8 Å². The molecule has 25 heavy (non-hydrogen) atoms. The summed E-state index contributed by atoms with van der Waals surface area (Å²) in [6.07, 6.45) is 0. The molecule has 3 rings (SSSR count). The van der Waals surface area contributed by atoms with Crippen LogP contribution in [0.2, 0.25) is 5.02 Å². The van der Waals surface area contributed by atoms with Crippen molar-refractivity contribution < 1.29 is 12.8 Å². The molecule has 0 saturated heterocycles. The second kappa shape index (κ2) is 6.70. The Kier molecular flexibility index (Phi) is 4.77. The molecule has 0 bridgehead atoms. The lowest BCUT2D eigenvalue weighted by Crippen LogP contribution is -2.14. The third kappa shape index (κ3) is 3.65. The maximum atomic E-state index is 13.4. The van der Waals surface area contributed by atoms with Gasteiger partial charge in [-0.3, -0.25) is 4.72 Å². The molecule has 0 atom stereocenters. The van der Waals surface area contributed by atoms with Gasteiger partial charge in [0.1, 0.15) is 5.82 Å². The van der Waals surface area contributed by atoms with Crippen molar-refractivity contribution in [2.75, 3.05) is 4.72 Å². The normalized spacial score (nSPS) is 11.5. The zero-order chi connectivity index (χ0) is 18.2. The van der Waals surface area contributed by atoms with Crippen molar-refractivity contribution >= 4 is 38.3 Å². The lowest BCUT2D eigenvalue weighted by molar-refractivity contribution is 0.600. The molecular weight excluding hydrogens is 385 g/mol. The van der Waals surface area contributed by atoms with Crippen LogP contribution in [0.25, 0.3) is 11.4 Å². The number of rotatable bonds is 4. The summed E-state index contributed by atoms with van der Waals surface area (Å²) in [5.41, 5.74) is 1.53. The highest BCUT2D eigenvalue weighted by molar-refractivity contribution is 7.93. The zero-order valence-corrected chi connectivity index (χ0v) is 15.6. The summed E-state index contributed by atoms with van der Waals surface area (Å²) in [6.45, 7) is 3.26. The van der Waals surface area contributed by atoms with Gasteiger partial charge in [-0.1, -0.05) is 17.7 Å². The van der Waals surface area contributed by atoms with Gasteiger partial charge in [-0.2, -0.15) is 9.36 Å². The maximum Gasteiger partial charge on any atom is 0.264 e. The highest BCUT2D eigenvalue weighted by atomic mass is 35.5. The van der Waals surface area contributed by atoms with E-state index in [0.717, 1.165) is 11.5 Å². The fourth-order valence-electron chi connectivity index (χ4n) is 2.21. The van der Waals surface area contributed by atoms with Crippen LogP contribution in [0, 0.1) is 19.7 Å². The Bertz CT molecular complexity index is 1050. The smallest absolute Gasteiger partial charge is 0.253 e. The third-order valence-corrected chi connectivity index (χ3v) is 6.22. The highest BCUT2D eigenvalue weighted by Crippen LogP contribution is 2.27. The summed E-state index contributed by atoms with van der Waals surface area (Å²) in [7, 11) is -3.84. The molecule has 0 unspecified atom stereocenters. The van der Waals surface area contributed by atoms with Crippen LogP contribution in [-0.4, -0.2) is 17.8 Å². The molecule has 0 fully saturated rings. The number of aromatic nitrogens is 2. The van der Waals surface area contributed by atoms with Crippen molar-refractivity contribution in [2.45, 2.75) is 18.7 Å². The Morgan fingerprint density at radius 3 is 2.68 bits per heavy atom. The maximum absolute atomic E-state index is 13.4. The van der Waals surface area contributed by atoms with Crippen molar-refractivity contribution in [3.05, 3.63) is 58.4 Å². The summed E-state index contributed by atoms with van der Waals surface area (Å²) in [4.78, 5) is 4.25. The average molecular weight is 398 g/mol. The van der Waals surface area contributed by atoms with Crippen molar-refractivity contribution in [2.24, 2.45) is 0 Å². The van der Waals surface area contributed by atoms with Crippen molar-refractivity contribution in [1.29, 1.82) is 0 Å². The molecular formula is C16H13ClFN3O2S2. The van der Waals surface area contributed by atoms with Gasteiger partial charge in [-0.25, -0.2) is 12.8 Å². The third-order valence-electron chi connectivity index (χ3n) is 3.57. The van der Waals surface area contributed by atoms with Gasteiger partial charge in [-0.05, 0) is 55.3 Å². The summed E-state index contributed by atoms with van der Waals surface area (Å²) < 4.78 is 45.0. The van der Waals surface area contributed by atoms with Crippen LogP contribution in [0.15, 0.2) is 41.3 Å². The zero-order valence-electron chi connectivity index (χ0n) is 13.2. The first-order valence-corrected chi connectivity index (χ1v) is 9.79. The van der Waals surface area contributed by atoms with Gasteiger partial charge >= 0.3 is 0 Å². The van der Waals surface area contributed by atoms with Gasteiger partial charge in [0, 0.05) is 22.1 Å². The molecule has 0 aliphatic carbocycles. The predicted molar refractivity (Wildman–Crippen MR) is 97.0 cm³/mol. The molecule has 0 spiro atoms. The first-order valence-electron chi connectivity index (χ1n) is 7.16. The number of nitrogens with one attached hydrogen (secondary N) is 1. The summed E-state index contributed by atoms with van der Waals surface area (Å²) in [5.74, 6) is 0.00459. The second-order valence-electron chi connectivity index (χ2n) is 5.36. The minimum Gasteiger partial charge on any atom is -0.253 e. The molecule has 130 valence electrons. The minimum atomic E-state index is -3.84.